The summed E-state index contributed by atoms with van der Waals surface area (Å²) in [5.41, 5.74) is 5.33. The third-order valence-corrected chi connectivity index (χ3v) is 10.8. The summed E-state index contributed by atoms with van der Waals surface area (Å²) in [6, 6.07) is 0. The number of allylic oxidation sites excluding steroid dienone is 1. The Morgan fingerprint density at radius 2 is 1.36 bits per heavy atom. The van der Waals surface area contributed by atoms with Gasteiger partial charge in [-0.2, -0.15) is 0 Å². The highest BCUT2D eigenvalue weighted by Gasteiger charge is 2.39. The number of ketones is 1. The van der Waals surface area contributed by atoms with Crippen LogP contribution in [0.25, 0.3) is 0 Å². The lowest BCUT2D eigenvalue weighted by Crippen LogP contribution is -2.29. The van der Waals surface area contributed by atoms with Crippen LogP contribution < -0.4 is 5.73 Å². The highest BCUT2D eigenvalue weighted by Crippen LogP contribution is 2.43. The number of aliphatic hydroxyl groups is 2. The first-order chi connectivity index (χ1) is 25.5. The molecule has 1 aliphatic rings. The van der Waals surface area contributed by atoms with E-state index in [2.05, 4.69) is 13.8 Å². The molecule has 310 valence electrons. The van der Waals surface area contributed by atoms with E-state index >= 15 is 0 Å². The Balaban J connectivity index is 2.41. The van der Waals surface area contributed by atoms with Crippen molar-refractivity contribution in [1.82, 2.24) is 0 Å². The summed E-state index contributed by atoms with van der Waals surface area (Å²) in [6.07, 6.45) is 22.9. The van der Waals surface area contributed by atoms with Crippen molar-refractivity contribution in [2.75, 3.05) is 26.4 Å². The molecule has 0 amide bonds. The predicted octanol–water partition coefficient (Wildman–Crippen LogP) is 8.03. The van der Waals surface area contributed by atoms with Crippen LogP contribution in [0.2, 0.25) is 0 Å². The molecule has 1 aliphatic carbocycles. The lowest BCUT2D eigenvalue weighted by Gasteiger charge is -2.20. The van der Waals surface area contributed by atoms with Crippen LogP contribution in [-0.4, -0.2) is 77.5 Å². The molecule has 5 N–H and O–H groups in total. The van der Waals surface area contributed by atoms with Crippen LogP contribution >= 0.6 is 7.82 Å². The molecule has 0 heterocycles. The number of Topliss-reactive ketones (excluding diaryl/α,β-unsaturated/α-hetero) is 1. The molecule has 6 atom stereocenters. The molecular formula is C40H74NO11P. The van der Waals surface area contributed by atoms with Crippen LogP contribution in [0.3, 0.4) is 0 Å². The molecule has 0 bridgehead atoms. The second-order valence-electron chi connectivity index (χ2n) is 14.6. The van der Waals surface area contributed by atoms with Gasteiger partial charge in [0.05, 0.1) is 25.4 Å². The second kappa shape index (κ2) is 31.5. The number of phosphoric ester groups is 1. The van der Waals surface area contributed by atoms with Crippen molar-refractivity contribution in [3.05, 3.63) is 12.2 Å². The number of hydrogen-bond donors (Lipinski definition) is 4. The number of ether oxygens (including phenoxy) is 2. The minimum atomic E-state index is -4.44. The van der Waals surface area contributed by atoms with Gasteiger partial charge in [0.15, 0.2) is 6.10 Å². The number of hydrogen-bond acceptors (Lipinski definition) is 11. The fourth-order valence-electron chi connectivity index (χ4n) is 6.66. The predicted molar refractivity (Wildman–Crippen MR) is 207 cm³/mol. The van der Waals surface area contributed by atoms with E-state index < -0.39 is 50.6 Å². The maximum absolute atomic E-state index is 12.7. The summed E-state index contributed by atoms with van der Waals surface area (Å²) in [4.78, 5) is 47.5. The quantitative estimate of drug-likeness (QED) is 0.0210. The first-order valence-corrected chi connectivity index (χ1v) is 22.3. The van der Waals surface area contributed by atoms with Gasteiger partial charge >= 0.3 is 19.8 Å². The zero-order valence-electron chi connectivity index (χ0n) is 33.0. The van der Waals surface area contributed by atoms with Gasteiger partial charge < -0.3 is 30.3 Å². The summed E-state index contributed by atoms with van der Waals surface area (Å²) in [5.74, 6) is -1.57. The first-order valence-electron chi connectivity index (χ1n) is 20.8. The van der Waals surface area contributed by atoms with Gasteiger partial charge in [-0.05, 0) is 31.6 Å². The molecule has 0 aliphatic heterocycles. The summed E-state index contributed by atoms with van der Waals surface area (Å²) in [5, 5.41) is 20.7. The number of unbranched alkanes of at least 4 members (excludes halogenated alkanes) is 16. The lowest BCUT2D eigenvalue weighted by molar-refractivity contribution is -0.161. The summed E-state index contributed by atoms with van der Waals surface area (Å²) >= 11 is 0. The molecule has 1 saturated carbocycles. The monoisotopic (exact) mass is 775 g/mol. The van der Waals surface area contributed by atoms with Gasteiger partial charge in [-0.25, -0.2) is 4.57 Å². The highest BCUT2D eigenvalue weighted by atomic mass is 31.2. The molecule has 13 heteroatoms. The van der Waals surface area contributed by atoms with Crippen molar-refractivity contribution < 1.29 is 52.6 Å². The van der Waals surface area contributed by atoms with E-state index in [9.17, 15) is 34.1 Å². The summed E-state index contributed by atoms with van der Waals surface area (Å²) in [7, 11) is -4.44. The number of phosphoric acid groups is 1. The molecule has 53 heavy (non-hydrogen) atoms. The van der Waals surface area contributed by atoms with Crippen LogP contribution in [0.4, 0.5) is 0 Å². The molecule has 0 aromatic rings. The Hall–Kier alpha value is -1.66. The van der Waals surface area contributed by atoms with E-state index in [0.29, 0.717) is 25.7 Å². The number of esters is 2. The molecule has 12 nitrogen and oxygen atoms in total. The van der Waals surface area contributed by atoms with Crippen molar-refractivity contribution in [2.45, 2.75) is 186 Å². The summed E-state index contributed by atoms with van der Waals surface area (Å²) in [6.45, 7) is 3.35. The van der Waals surface area contributed by atoms with Crippen LogP contribution in [-0.2, 0) is 37.5 Å². The molecule has 0 aromatic carbocycles. The average Bonchev–Trinajstić information content (AvgIpc) is 3.40. The third kappa shape index (κ3) is 25.9. The Morgan fingerprint density at radius 1 is 0.811 bits per heavy atom. The topological polar surface area (TPSA) is 192 Å². The zero-order chi connectivity index (χ0) is 39.2. The maximum Gasteiger partial charge on any atom is 0.472 e. The smallest absolute Gasteiger partial charge is 0.462 e. The van der Waals surface area contributed by atoms with Gasteiger partial charge in [-0.1, -0.05) is 135 Å². The average molecular weight is 776 g/mol. The SMILES string of the molecule is CCCCCCCCCCCCCCC(=O)OC[C@H](COP(=O)(O)OCCN)OC(=O)CCCCCC[C@H]1[C@@H](O)CC(=O)[C@@H]1/C=C/[C@@H](O)CCCCC. The van der Waals surface area contributed by atoms with Gasteiger partial charge in [-0.15, -0.1) is 0 Å². The standard InChI is InChI=1S/C40H74NO11P/c1-3-5-7-8-9-10-11-12-13-14-15-20-24-39(45)49-31-34(32-51-53(47,48)50-29-28-41)52-40(46)25-21-17-16-19-23-35-36(38(44)30-37(35)43)27-26-33(42)22-18-6-4-2/h26-27,33-37,42-43H,3-25,28-32,41H2,1-2H3,(H,47,48)/b27-26+/t33-,34+,35+,36+,37-/m0/s1. The third-order valence-electron chi connectivity index (χ3n) is 9.81. The van der Waals surface area contributed by atoms with Gasteiger partial charge in [0.25, 0.3) is 0 Å². The lowest BCUT2D eigenvalue weighted by atomic mass is 9.88. The van der Waals surface area contributed by atoms with E-state index in [4.69, 9.17) is 24.3 Å². The van der Waals surface area contributed by atoms with Gasteiger partial charge in [0.1, 0.15) is 12.4 Å². The molecule has 1 fully saturated rings. The molecule has 0 spiro atoms. The minimum absolute atomic E-state index is 0.000642. The van der Waals surface area contributed by atoms with Crippen LogP contribution in [0, 0.1) is 11.8 Å². The van der Waals surface area contributed by atoms with Crippen molar-refractivity contribution in [1.29, 1.82) is 0 Å². The van der Waals surface area contributed by atoms with E-state index in [1.165, 1.54) is 51.4 Å². The maximum atomic E-state index is 12.7. The highest BCUT2D eigenvalue weighted by molar-refractivity contribution is 7.47. The Kier molecular flexibility index (Phi) is 29.4. The van der Waals surface area contributed by atoms with Gasteiger partial charge in [0.2, 0.25) is 0 Å². The Labute approximate surface area is 319 Å². The second-order valence-corrected chi connectivity index (χ2v) is 16.1. The van der Waals surface area contributed by atoms with Crippen molar-refractivity contribution >= 4 is 25.5 Å². The molecule has 0 aromatic heterocycles. The Bertz CT molecular complexity index is 1040. The van der Waals surface area contributed by atoms with Crippen molar-refractivity contribution in [2.24, 2.45) is 17.6 Å². The number of aliphatic hydroxyl groups excluding tert-OH is 2. The molecule has 1 rings (SSSR count). The fourth-order valence-corrected chi connectivity index (χ4v) is 7.42. The van der Waals surface area contributed by atoms with Gasteiger partial charge in [-0.3, -0.25) is 23.4 Å². The van der Waals surface area contributed by atoms with Crippen LogP contribution in [0.15, 0.2) is 12.2 Å². The number of carbonyl (C=O) groups excluding carboxylic acids is 3. The summed E-state index contributed by atoms with van der Waals surface area (Å²) < 4.78 is 32.7. The number of nitrogens with two attached hydrogens (primary N) is 1. The molecular weight excluding hydrogens is 701 g/mol. The van der Waals surface area contributed by atoms with Crippen LogP contribution in [0.5, 0.6) is 0 Å². The number of rotatable bonds is 35. The normalized spacial score (nSPS) is 19.7. The van der Waals surface area contributed by atoms with Crippen molar-refractivity contribution in [3.63, 3.8) is 0 Å². The number of carbonyl (C=O) groups is 3. The minimum Gasteiger partial charge on any atom is -0.462 e. The van der Waals surface area contributed by atoms with E-state index in [0.717, 1.165) is 57.8 Å². The Morgan fingerprint density at radius 3 is 1.96 bits per heavy atom. The van der Waals surface area contributed by atoms with E-state index in [-0.39, 0.29) is 50.7 Å². The van der Waals surface area contributed by atoms with Crippen LogP contribution in [0.1, 0.15) is 168 Å². The fraction of sp³-hybridized carbons (Fsp3) is 0.875. The van der Waals surface area contributed by atoms with E-state index in [1.807, 2.05) is 0 Å². The molecule has 0 radical (unpaired) electrons. The van der Waals surface area contributed by atoms with Gasteiger partial charge in [0, 0.05) is 31.7 Å². The first kappa shape index (κ1) is 49.4. The largest absolute Gasteiger partial charge is 0.472 e. The molecule has 0 saturated heterocycles. The molecule has 1 unspecified atom stereocenters. The zero-order valence-corrected chi connectivity index (χ0v) is 33.9. The van der Waals surface area contributed by atoms with Crippen molar-refractivity contribution in [3.8, 4) is 0 Å². The van der Waals surface area contributed by atoms with E-state index in [1.54, 1.807) is 12.2 Å².